The minimum Gasteiger partial charge on any atom is -0.382 e. The zero-order valence-corrected chi connectivity index (χ0v) is 15.9. The molecule has 1 aliphatic heterocycles. The average molecular weight is 377 g/mol. The largest absolute Gasteiger partial charge is 0.382 e. The van der Waals surface area contributed by atoms with E-state index in [1.807, 2.05) is 42.5 Å². The zero-order valence-electron chi connectivity index (χ0n) is 15.9. The summed E-state index contributed by atoms with van der Waals surface area (Å²) in [5.74, 6) is 0.396. The lowest BCUT2D eigenvalue weighted by Crippen LogP contribution is -2.40. The van der Waals surface area contributed by atoms with Crippen molar-refractivity contribution < 1.29 is 9.47 Å². The SMILES string of the molecule is CC[C@H]1O[C@@](C#N)(c2ccc3c(N)ncnn23)[C@H](OCc2ccccc2)[C@@H]1C. The molecule has 3 aromatic rings. The van der Waals surface area contributed by atoms with Crippen LogP contribution in [0.2, 0.25) is 0 Å². The number of rotatable bonds is 5. The summed E-state index contributed by atoms with van der Waals surface area (Å²) in [7, 11) is 0. The van der Waals surface area contributed by atoms with Gasteiger partial charge in [-0.1, -0.05) is 44.2 Å². The molecule has 0 saturated carbocycles. The van der Waals surface area contributed by atoms with Crippen molar-refractivity contribution in [1.29, 1.82) is 5.26 Å². The predicted octanol–water partition coefficient (Wildman–Crippen LogP) is 3.06. The molecule has 4 atom stereocenters. The molecule has 1 aromatic carbocycles. The summed E-state index contributed by atoms with van der Waals surface area (Å²) in [6.45, 7) is 4.53. The highest BCUT2D eigenvalue weighted by Gasteiger charge is 2.57. The third kappa shape index (κ3) is 2.82. The number of fused-ring (bicyclic) bond motifs is 1. The summed E-state index contributed by atoms with van der Waals surface area (Å²) >= 11 is 0. The normalized spacial score (nSPS) is 27.1. The fraction of sp³-hybridized carbons (Fsp3) is 0.381. The van der Waals surface area contributed by atoms with Gasteiger partial charge < -0.3 is 15.2 Å². The summed E-state index contributed by atoms with van der Waals surface area (Å²) in [5.41, 5.74) is 7.00. The fourth-order valence-corrected chi connectivity index (χ4v) is 4.05. The van der Waals surface area contributed by atoms with E-state index < -0.39 is 11.7 Å². The summed E-state index contributed by atoms with van der Waals surface area (Å²) in [5, 5.41) is 14.6. The Labute approximate surface area is 163 Å². The van der Waals surface area contributed by atoms with Crippen molar-refractivity contribution in [2.24, 2.45) is 5.92 Å². The first kappa shape index (κ1) is 18.4. The summed E-state index contributed by atoms with van der Waals surface area (Å²) in [6.07, 6.45) is 1.63. The van der Waals surface area contributed by atoms with Crippen LogP contribution in [0.15, 0.2) is 48.8 Å². The number of nitrogens with two attached hydrogens (primary N) is 1. The molecule has 1 saturated heterocycles. The maximum Gasteiger partial charge on any atom is 0.223 e. The van der Waals surface area contributed by atoms with Gasteiger partial charge in [0.2, 0.25) is 5.60 Å². The molecule has 2 aromatic heterocycles. The first-order valence-corrected chi connectivity index (χ1v) is 9.44. The van der Waals surface area contributed by atoms with E-state index in [0.717, 1.165) is 12.0 Å². The molecule has 0 radical (unpaired) electrons. The highest BCUT2D eigenvalue weighted by Crippen LogP contribution is 2.46. The van der Waals surface area contributed by atoms with Gasteiger partial charge in [-0.3, -0.25) is 0 Å². The summed E-state index contributed by atoms with van der Waals surface area (Å²) in [4.78, 5) is 4.03. The van der Waals surface area contributed by atoms with Crippen molar-refractivity contribution in [2.75, 3.05) is 5.73 Å². The minimum absolute atomic E-state index is 0.0399. The number of nitrogens with zero attached hydrogens (tertiary/aromatic N) is 4. The van der Waals surface area contributed by atoms with Crippen molar-refractivity contribution in [3.05, 3.63) is 60.0 Å². The number of ether oxygens (including phenoxy) is 2. The third-order valence-corrected chi connectivity index (χ3v) is 5.51. The molecule has 0 aliphatic carbocycles. The Kier molecular flexibility index (Phi) is 4.75. The van der Waals surface area contributed by atoms with Gasteiger partial charge in [-0.15, -0.1) is 0 Å². The lowest BCUT2D eigenvalue weighted by atomic mass is 9.87. The summed E-state index contributed by atoms with van der Waals surface area (Å²) < 4.78 is 14.3. The van der Waals surface area contributed by atoms with Crippen molar-refractivity contribution in [2.45, 2.75) is 44.7 Å². The Hall–Kier alpha value is -2.95. The number of benzene rings is 1. The minimum atomic E-state index is -1.28. The van der Waals surface area contributed by atoms with Crippen LogP contribution >= 0.6 is 0 Å². The first-order chi connectivity index (χ1) is 13.6. The molecule has 4 rings (SSSR count). The highest BCUT2D eigenvalue weighted by atomic mass is 16.6. The van der Waals surface area contributed by atoms with E-state index in [0.29, 0.717) is 23.6 Å². The first-order valence-electron chi connectivity index (χ1n) is 9.44. The number of aromatic nitrogens is 3. The van der Waals surface area contributed by atoms with Crippen LogP contribution in [0.25, 0.3) is 5.52 Å². The van der Waals surface area contributed by atoms with Crippen LogP contribution in [0.1, 0.15) is 31.5 Å². The Morgan fingerprint density at radius 3 is 2.79 bits per heavy atom. The van der Waals surface area contributed by atoms with Gasteiger partial charge in [-0.25, -0.2) is 9.50 Å². The van der Waals surface area contributed by atoms with E-state index >= 15 is 0 Å². The van der Waals surface area contributed by atoms with Crippen LogP contribution in [0.4, 0.5) is 5.82 Å². The Morgan fingerprint density at radius 2 is 2.07 bits per heavy atom. The lowest BCUT2D eigenvalue weighted by molar-refractivity contribution is -0.0817. The molecule has 1 aliphatic rings. The number of hydrogen-bond donors (Lipinski definition) is 1. The Bertz CT molecular complexity index is 1010. The maximum atomic E-state index is 10.3. The quantitative estimate of drug-likeness (QED) is 0.734. The summed E-state index contributed by atoms with van der Waals surface area (Å²) in [6, 6.07) is 16.0. The molecule has 0 unspecified atom stereocenters. The highest BCUT2D eigenvalue weighted by molar-refractivity contribution is 5.66. The van der Waals surface area contributed by atoms with Crippen molar-refractivity contribution in [1.82, 2.24) is 14.6 Å². The Balaban J connectivity index is 1.77. The van der Waals surface area contributed by atoms with Gasteiger partial charge in [0.1, 0.15) is 24.0 Å². The zero-order chi connectivity index (χ0) is 19.7. The van der Waals surface area contributed by atoms with E-state index in [1.54, 1.807) is 4.52 Å². The molecule has 0 spiro atoms. The van der Waals surface area contributed by atoms with Crippen molar-refractivity contribution >= 4 is 11.3 Å². The van der Waals surface area contributed by atoms with Crippen LogP contribution in [-0.4, -0.2) is 26.8 Å². The molecule has 2 N–H and O–H groups in total. The second kappa shape index (κ2) is 7.23. The monoisotopic (exact) mass is 377 g/mol. The second-order valence-electron chi connectivity index (χ2n) is 7.15. The molecular weight excluding hydrogens is 354 g/mol. The van der Waals surface area contributed by atoms with E-state index in [1.165, 1.54) is 6.33 Å². The number of anilines is 1. The Morgan fingerprint density at radius 1 is 1.29 bits per heavy atom. The van der Waals surface area contributed by atoms with Gasteiger partial charge in [0, 0.05) is 5.92 Å². The molecule has 1 fully saturated rings. The van der Waals surface area contributed by atoms with Crippen LogP contribution in [0.3, 0.4) is 0 Å². The van der Waals surface area contributed by atoms with Gasteiger partial charge in [-0.2, -0.15) is 10.4 Å². The number of hydrogen-bond acceptors (Lipinski definition) is 6. The van der Waals surface area contributed by atoms with Crippen LogP contribution in [0, 0.1) is 17.2 Å². The molecular formula is C21H23N5O2. The molecule has 28 heavy (non-hydrogen) atoms. The second-order valence-corrected chi connectivity index (χ2v) is 7.15. The van der Waals surface area contributed by atoms with Crippen LogP contribution in [-0.2, 0) is 21.7 Å². The van der Waals surface area contributed by atoms with Gasteiger partial charge in [0.05, 0.1) is 18.4 Å². The molecule has 0 bridgehead atoms. The standard InChI is InChI=1S/C21H23N5O2/c1-3-17-14(2)19(27-11-15-7-5-4-6-8-15)21(12-22,28-17)18-10-9-16-20(23)24-13-25-26(16)18/h4-10,13-14,17,19H,3,11H2,1-2H3,(H2,23,24,25)/t14-,17-,19-,21+/m1/s1. The van der Waals surface area contributed by atoms with E-state index in [2.05, 4.69) is 30.0 Å². The van der Waals surface area contributed by atoms with E-state index in [9.17, 15) is 5.26 Å². The van der Waals surface area contributed by atoms with Crippen molar-refractivity contribution in [3.8, 4) is 6.07 Å². The van der Waals surface area contributed by atoms with Gasteiger partial charge in [0.25, 0.3) is 0 Å². The molecule has 7 nitrogen and oxygen atoms in total. The van der Waals surface area contributed by atoms with Gasteiger partial charge in [0.15, 0.2) is 5.82 Å². The molecule has 7 heteroatoms. The van der Waals surface area contributed by atoms with E-state index in [-0.39, 0.29) is 12.0 Å². The maximum absolute atomic E-state index is 10.3. The smallest absolute Gasteiger partial charge is 0.223 e. The van der Waals surface area contributed by atoms with E-state index in [4.69, 9.17) is 15.2 Å². The molecule has 0 amide bonds. The fourth-order valence-electron chi connectivity index (χ4n) is 4.05. The van der Waals surface area contributed by atoms with Crippen molar-refractivity contribution in [3.63, 3.8) is 0 Å². The predicted molar refractivity (Wildman–Crippen MR) is 104 cm³/mol. The average Bonchev–Trinajstić information content (AvgIpc) is 3.28. The number of nitrogen functional groups attached to an aromatic ring is 1. The van der Waals surface area contributed by atoms with Gasteiger partial charge >= 0.3 is 0 Å². The van der Waals surface area contributed by atoms with Crippen LogP contribution < -0.4 is 5.73 Å². The van der Waals surface area contributed by atoms with Crippen LogP contribution in [0.5, 0.6) is 0 Å². The topological polar surface area (TPSA) is 98.5 Å². The number of nitriles is 1. The van der Waals surface area contributed by atoms with Gasteiger partial charge in [-0.05, 0) is 24.1 Å². The lowest BCUT2D eigenvalue weighted by Gasteiger charge is -2.28. The molecule has 144 valence electrons. The molecule has 3 heterocycles. The third-order valence-electron chi connectivity index (χ3n) is 5.51.